The van der Waals surface area contributed by atoms with E-state index in [1.807, 2.05) is 13.8 Å². The Kier molecular flexibility index (Phi) is 6.78. The third-order valence-corrected chi connectivity index (χ3v) is 2.17. The molecule has 0 aliphatic carbocycles. The molecule has 0 aliphatic heterocycles. The van der Waals surface area contributed by atoms with Crippen LogP contribution in [0.25, 0.3) is 0 Å². The highest BCUT2D eigenvalue weighted by molar-refractivity contribution is 6.53. The summed E-state index contributed by atoms with van der Waals surface area (Å²) in [6.45, 7) is 3.72. The molecule has 0 bridgehead atoms. The molecule has 5 nitrogen and oxygen atoms in total. The maximum atomic E-state index is 11.3. The van der Waals surface area contributed by atoms with Gasteiger partial charge in [0.15, 0.2) is 0 Å². The first-order valence-corrected chi connectivity index (χ1v) is 5.19. The van der Waals surface area contributed by atoms with Crippen LogP contribution in [0.15, 0.2) is 0 Å². The number of carbonyl (C=O) groups is 2. The molecule has 0 aromatic heterocycles. The first-order chi connectivity index (χ1) is 7.01. The quantitative estimate of drug-likeness (QED) is 0.611. The Balaban J connectivity index is 3.92. The highest BCUT2D eigenvalue weighted by atomic mass is 16.5. The lowest BCUT2D eigenvalue weighted by molar-refractivity contribution is -0.138. The van der Waals surface area contributed by atoms with Crippen molar-refractivity contribution in [3.8, 4) is 0 Å². The van der Waals surface area contributed by atoms with Crippen molar-refractivity contribution in [2.45, 2.75) is 45.4 Å². The average Bonchev–Trinajstić information content (AvgIpc) is 2.21. The van der Waals surface area contributed by atoms with Crippen LogP contribution in [-0.4, -0.2) is 30.0 Å². The van der Waals surface area contributed by atoms with Crippen LogP contribution in [0, 0.1) is 0 Å². The number of nitrogens with two attached hydrogens (primary N) is 1. The summed E-state index contributed by atoms with van der Waals surface area (Å²) < 4.78 is 5.09. The molecule has 3 N–H and O–H groups in total. The predicted octanol–water partition coefficient (Wildman–Crippen LogP) is 0.753. The van der Waals surface area contributed by atoms with Gasteiger partial charge in [0.25, 0.3) is 0 Å². The summed E-state index contributed by atoms with van der Waals surface area (Å²) in [6, 6.07) is -0.832. The van der Waals surface area contributed by atoms with Crippen LogP contribution >= 0.6 is 0 Å². The molecule has 0 rings (SSSR count). The Morgan fingerprint density at radius 2 is 1.93 bits per heavy atom. The van der Waals surface area contributed by atoms with Gasteiger partial charge in [0.05, 0.1) is 0 Å². The van der Waals surface area contributed by atoms with E-state index in [1.165, 1.54) is 0 Å². The lowest BCUT2D eigenvalue weighted by Gasteiger charge is -2.14. The molecule has 0 aromatic carbocycles. The summed E-state index contributed by atoms with van der Waals surface area (Å²) in [5.74, 6) is -1.47. The van der Waals surface area contributed by atoms with Gasteiger partial charge < -0.3 is 15.5 Å². The molecule has 0 saturated heterocycles. The van der Waals surface area contributed by atoms with Gasteiger partial charge >= 0.3 is 18.9 Å². The zero-order valence-electron chi connectivity index (χ0n) is 9.23. The van der Waals surface area contributed by atoms with Gasteiger partial charge in [-0.1, -0.05) is 13.8 Å². The van der Waals surface area contributed by atoms with E-state index in [9.17, 15) is 9.59 Å². The fourth-order valence-electron chi connectivity index (χ4n) is 1.10. The number of carboxylic acids is 1. The summed E-state index contributed by atoms with van der Waals surface area (Å²) >= 11 is 0. The molecule has 0 heterocycles. The summed E-state index contributed by atoms with van der Waals surface area (Å²) in [5.41, 5.74) is 5.49. The second kappa shape index (κ2) is 7.28. The second-order valence-electron chi connectivity index (χ2n) is 3.41. The van der Waals surface area contributed by atoms with E-state index in [4.69, 9.17) is 15.5 Å². The minimum Gasteiger partial charge on any atom is -0.535 e. The Labute approximate surface area is 90.1 Å². The Hall–Kier alpha value is -1.04. The van der Waals surface area contributed by atoms with Gasteiger partial charge in [0.1, 0.15) is 6.04 Å². The molecule has 0 aliphatic rings. The largest absolute Gasteiger partial charge is 0.535 e. The smallest absolute Gasteiger partial charge is 0.361 e. The SMILES string of the molecule is CCB(CC)OC(=O)[C@@H](N)CCC(=O)O. The summed E-state index contributed by atoms with van der Waals surface area (Å²) in [7, 11) is 0. The van der Waals surface area contributed by atoms with E-state index in [-0.39, 0.29) is 19.8 Å². The molecule has 0 amide bonds. The third-order valence-electron chi connectivity index (χ3n) is 2.17. The second-order valence-corrected chi connectivity index (χ2v) is 3.41. The normalized spacial score (nSPS) is 11.9. The van der Waals surface area contributed by atoms with Crippen LogP contribution < -0.4 is 5.73 Å². The van der Waals surface area contributed by atoms with Gasteiger partial charge in [-0.2, -0.15) is 0 Å². The van der Waals surface area contributed by atoms with Gasteiger partial charge in [-0.05, 0) is 19.1 Å². The van der Waals surface area contributed by atoms with E-state index in [0.29, 0.717) is 0 Å². The van der Waals surface area contributed by atoms with Crippen LogP contribution in [0.5, 0.6) is 0 Å². The molecule has 0 aromatic rings. The Morgan fingerprint density at radius 1 is 1.40 bits per heavy atom. The third kappa shape index (κ3) is 6.12. The predicted molar refractivity (Wildman–Crippen MR) is 57.7 cm³/mol. The van der Waals surface area contributed by atoms with Crippen molar-refractivity contribution in [3.05, 3.63) is 0 Å². The molecule has 1 atom stereocenters. The van der Waals surface area contributed by atoms with Gasteiger partial charge in [0, 0.05) is 6.42 Å². The van der Waals surface area contributed by atoms with E-state index >= 15 is 0 Å². The highest BCUT2D eigenvalue weighted by Crippen LogP contribution is 2.04. The monoisotopic (exact) mass is 215 g/mol. The topological polar surface area (TPSA) is 89.6 Å². The first kappa shape index (κ1) is 14.0. The van der Waals surface area contributed by atoms with E-state index < -0.39 is 18.0 Å². The number of rotatable bonds is 7. The molecule has 0 fully saturated rings. The van der Waals surface area contributed by atoms with Gasteiger partial charge in [-0.15, -0.1) is 0 Å². The average molecular weight is 215 g/mol. The fraction of sp³-hybridized carbons (Fsp3) is 0.778. The van der Waals surface area contributed by atoms with Crippen molar-refractivity contribution >= 4 is 18.9 Å². The van der Waals surface area contributed by atoms with Crippen LogP contribution in [-0.2, 0) is 14.2 Å². The molecule has 15 heavy (non-hydrogen) atoms. The van der Waals surface area contributed by atoms with Crippen LogP contribution in [0.4, 0.5) is 0 Å². The van der Waals surface area contributed by atoms with Gasteiger partial charge in [-0.3, -0.25) is 9.59 Å². The first-order valence-electron chi connectivity index (χ1n) is 5.19. The fourth-order valence-corrected chi connectivity index (χ4v) is 1.10. The van der Waals surface area contributed by atoms with E-state index in [0.717, 1.165) is 12.6 Å². The van der Waals surface area contributed by atoms with Gasteiger partial charge in [-0.25, -0.2) is 0 Å². The van der Waals surface area contributed by atoms with Crippen molar-refractivity contribution in [3.63, 3.8) is 0 Å². The van der Waals surface area contributed by atoms with E-state index in [2.05, 4.69) is 0 Å². The summed E-state index contributed by atoms with van der Waals surface area (Å²) in [6.07, 6.45) is 1.50. The number of aliphatic carboxylic acids is 1. The number of hydrogen-bond acceptors (Lipinski definition) is 4. The van der Waals surface area contributed by atoms with Crippen LogP contribution in [0.2, 0.25) is 12.6 Å². The molecule has 0 unspecified atom stereocenters. The zero-order valence-corrected chi connectivity index (χ0v) is 9.23. The number of carboxylic acid groups (broad SMARTS) is 1. The van der Waals surface area contributed by atoms with Crippen molar-refractivity contribution < 1.29 is 19.3 Å². The molecule has 6 heteroatoms. The molecule has 0 spiro atoms. The molecule has 86 valence electrons. The molecular weight excluding hydrogens is 197 g/mol. The lowest BCUT2D eigenvalue weighted by atomic mass is 9.62. The number of hydrogen-bond donors (Lipinski definition) is 2. The van der Waals surface area contributed by atoms with Crippen LogP contribution in [0.3, 0.4) is 0 Å². The lowest BCUT2D eigenvalue weighted by Crippen LogP contribution is -2.36. The minimum absolute atomic E-state index is 0.112. The maximum absolute atomic E-state index is 11.3. The standard InChI is InChI=1S/C9H18BNO4/c1-3-10(4-2)15-9(14)7(11)5-6-8(12)13/h7H,3-6,11H2,1-2H3,(H,12,13)/t7-/m0/s1. The maximum Gasteiger partial charge on any atom is 0.361 e. The Morgan fingerprint density at radius 3 is 2.33 bits per heavy atom. The van der Waals surface area contributed by atoms with Gasteiger partial charge in [0.2, 0.25) is 0 Å². The van der Waals surface area contributed by atoms with Crippen LogP contribution in [0.1, 0.15) is 26.7 Å². The molecule has 0 radical (unpaired) electrons. The highest BCUT2D eigenvalue weighted by Gasteiger charge is 2.21. The Bertz CT molecular complexity index is 218. The molecular formula is C9H18BNO4. The minimum atomic E-state index is -0.958. The van der Waals surface area contributed by atoms with Crippen molar-refractivity contribution in [2.24, 2.45) is 5.73 Å². The van der Waals surface area contributed by atoms with Crippen molar-refractivity contribution in [2.75, 3.05) is 0 Å². The number of carbonyl (C=O) groups excluding carboxylic acids is 1. The van der Waals surface area contributed by atoms with E-state index in [1.54, 1.807) is 0 Å². The molecule has 0 saturated carbocycles. The zero-order chi connectivity index (χ0) is 11.8. The van der Waals surface area contributed by atoms with Crippen molar-refractivity contribution in [1.82, 2.24) is 0 Å². The van der Waals surface area contributed by atoms with Crippen molar-refractivity contribution in [1.29, 1.82) is 0 Å². The summed E-state index contributed by atoms with van der Waals surface area (Å²) in [4.78, 5) is 21.6. The summed E-state index contributed by atoms with van der Waals surface area (Å²) in [5, 5.41) is 8.41.